The molecule has 21 heavy (non-hydrogen) atoms. The lowest BCUT2D eigenvalue weighted by Crippen LogP contribution is -2.37. The molecule has 116 valence electrons. The van der Waals surface area contributed by atoms with Crippen molar-refractivity contribution in [2.24, 2.45) is 0 Å². The van der Waals surface area contributed by atoms with Gasteiger partial charge in [-0.15, -0.1) is 0 Å². The number of alkyl carbamates (subject to hydrolysis) is 1. The number of ether oxygens (including phenoxy) is 2. The average molecular weight is 313 g/mol. The molecule has 1 aliphatic heterocycles. The molecule has 1 aliphatic rings. The van der Waals surface area contributed by atoms with Crippen molar-refractivity contribution in [1.29, 1.82) is 0 Å². The summed E-state index contributed by atoms with van der Waals surface area (Å²) >= 11 is 6.17. The van der Waals surface area contributed by atoms with Crippen LogP contribution in [0, 0.1) is 0 Å². The van der Waals surface area contributed by atoms with Gasteiger partial charge in [0.05, 0.1) is 18.2 Å². The summed E-state index contributed by atoms with van der Waals surface area (Å²) in [5, 5.41) is 6.70. The zero-order valence-electron chi connectivity index (χ0n) is 12.7. The Morgan fingerprint density at radius 2 is 2.14 bits per heavy atom. The van der Waals surface area contributed by atoms with E-state index in [4.69, 9.17) is 21.1 Å². The number of rotatable bonds is 2. The molecule has 0 radical (unpaired) electrons. The van der Waals surface area contributed by atoms with E-state index >= 15 is 0 Å². The summed E-state index contributed by atoms with van der Waals surface area (Å²) in [5.41, 5.74) is 1.35. The Morgan fingerprint density at radius 1 is 1.43 bits per heavy atom. The van der Waals surface area contributed by atoms with Gasteiger partial charge in [0.25, 0.3) is 0 Å². The van der Waals surface area contributed by atoms with Gasteiger partial charge in [-0.2, -0.15) is 0 Å². The first-order valence-electron chi connectivity index (χ1n) is 6.91. The normalized spacial score (nSPS) is 17.5. The molecular formula is C15H21ClN2O3. The van der Waals surface area contributed by atoms with Gasteiger partial charge in [0.1, 0.15) is 11.4 Å². The molecule has 0 aliphatic carbocycles. The van der Waals surface area contributed by atoms with Crippen molar-refractivity contribution in [1.82, 2.24) is 5.32 Å². The summed E-state index contributed by atoms with van der Waals surface area (Å²) in [6.07, 6.45) is 0.349. The number of amides is 1. The van der Waals surface area contributed by atoms with Gasteiger partial charge in [0.15, 0.2) is 0 Å². The third-order valence-corrected chi connectivity index (χ3v) is 3.43. The third-order valence-electron chi connectivity index (χ3n) is 3.14. The van der Waals surface area contributed by atoms with Crippen LogP contribution in [0.25, 0.3) is 0 Å². The van der Waals surface area contributed by atoms with Crippen molar-refractivity contribution < 1.29 is 14.3 Å². The molecule has 1 heterocycles. The molecule has 1 atom stereocenters. The molecule has 2 rings (SSSR count). The minimum atomic E-state index is -0.516. The fraction of sp³-hybridized carbons (Fsp3) is 0.533. The minimum Gasteiger partial charge on any atom is -0.495 e. The van der Waals surface area contributed by atoms with Gasteiger partial charge in [0, 0.05) is 18.3 Å². The second-order valence-electron chi connectivity index (χ2n) is 5.99. The molecule has 1 aromatic rings. The van der Waals surface area contributed by atoms with E-state index in [0.29, 0.717) is 10.8 Å². The molecule has 0 fully saturated rings. The zero-order valence-corrected chi connectivity index (χ0v) is 13.5. The number of hydrogen-bond acceptors (Lipinski definition) is 4. The lowest BCUT2D eigenvalue weighted by Gasteiger charge is -2.29. The van der Waals surface area contributed by atoms with Crippen LogP contribution in [0.15, 0.2) is 12.1 Å². The van der Waals surface area contributed by atoms with Crippen molar-refractivity contribution >= 4 is 23.4 Å². The first kappa shape index (κ1) is 15.8. The lowest BCUT2D eigenvalue weighted by molar-refractivity contribution is 0.0501. The van der Waals surface area contributed by atoms with Crippen LogP contribution in [0.3, 0.4) is 0 Å². The largest absolute Gasteiger partial charge is 0.495 e. The Morgan fingerprint density at radius 3 is 2.76 bits per heavy atom. The Balaban J connectivity index is 2.18. The topological polar surface area (TPSA) is 59.6 Å². The number of halogens is 1. The van der Waals surface area contributed by atoms with Crippen LogP contribution in [-0.2, 0) is 4.74 Å². The summed E-state index contributed by atoms with van der Waals surface area (Å²) in [6.45, 7) is 6.28. The maximum absolute atomic E-state index is 11.9. The number of benzene rings is 1. The van der Waals surface area contributed by atoms with Crippen LogP contribution < -0.4 is 15.4 Å². The number of fused-ring (bicyclic) bond motifs is 1. The maximum Gasteiger partial charge on any atom is 0.408 e. The standard InChI is InChI=1S/C15H21ClN2O3/c1-15(2,3)21-14(19)18-11-5-6-17-12-8-13(20-4)10(16)7-9(11)12/h7-8,11,17H,5-6H2,1-4H3,(H,18,19). The van der Waals surface area contributed by atoms with E-state index in [2.05, 4.69) is 10.6 Å². The predicted octanol–water partition coefficient (Wildman–Crippen LogP) is 3.73. The molecule has 0 saturated carbocycles. The number of methoxy groups -OCH3 is 1. The Kier molecular flexibility index (Phi) is 4.52. The van der Waals surface area contributed by atoms with E-state index in [-0.39, 0.29) is 6.04 Å². The van der Waals surface area contributed by atoms with Crippen molar-refractivity contribution in [3.63, 3.8) is 0 Å². The van der Waals surface area contributed by atoms with Gasteiger partial charge < -0.3 is 20.1 Å². The van der Waals surface area contributed by atoms with E-state index in [1.165, 1.54) is 0 Å². The van der Waals surface area contributed by atoms with Crippen LogP contribution >= 0.6 is 11.6 Å². The highest BCUT2D eigenvalue weighted by atomic mass is 35.5. The van der Waals surface area contributed by atoms with Crippen molar-refractivity contribution in [2.75, 3.05) is 19.0 Å². The van der Waals surface area contributed by atoms with E-state index in [9.17, 15) is 4.79 Å². The van der Waals surface area contributed by atoms with E-state index in [1.54, 1.807) is 7.11 Å². The van der Waals surface area contributed by atoms with Crippen molar-refractivity contribution in [3.8, 4) is 5.75 Å². The van der Waals surface area contributed by atoms with Crippen LogP contribution in [-0.4, -0.2) is 25.3 Å². The molecule has 1 amide bonds. The van der Waals surface area contributed by atoms with Crippen LogP contribution in [0.4, 0.5) is 10.5 Å². The number of carbonyl (C=O) groups excluding carboxylic acids is 1. The third kappa shape index (κ3) is 3.94. The molecule has 5 nitrogen and oxygen atoms in total. The second-order valence-corrected chi connectivity index (χ2v) is 6.40. The van der Waals surface area contributed by atoms with Gasteiger partial charge in [-0.3, -0.25) is 0 Å². The molecule has 0 saturated heterocycles. The summed E-state index contributed by atoms with van der Waals surface area (Å²) in [7, 11) is 1.58. The first-order chi connectivity index (χ1) is 9.80. The molecule has 1 unspecified atom stereocenters. The Labute approximate surface area is 130 Å². The molecule has 2 N–H and O–H groups in total. The summed E-state index contributed by atoms with van der Waals surface area (Å²) in [6, 6.07) is 3.55. The monoisotopic (exact) mass is 312 g/mol. The SMILES string of the molecule is COc1cc2c(cc1Cl)C(NC(=O)OC(C)(C)C)CCN2. The number of nitrogens with one attached hydrogen (secondary N) is 2. The quantitative estimate of drug-likeness (QED) is 0.873. The Hall–Kier alpha value is -1.62. The smallest absolute Gasteiger partial charge is 0.408 e. The predicted molar refractivity (Wildman–Crippen MR) is 83.2 cm³/mol. The summed E-state index contributed by atoms with van der Waals surface area (Å²) < 4.78 is 10.5. The van der Waals surface area contributed by atoms with Crippen LogP contribution in [0.2, 0.25) is 5.02 Å². The fourth-order valence-corrected chi connectivity index (χ4v) is 2.52. The molecule has 0 aromatic heterocycles. The molecule has 6 heteroatoms. The van der Waals surface area contributed by atoms with Crippen LogP contribution in [0.1, 0.15) is 38.8 Å². The highest BCUT2D eigenvalue weighted by molar-refractivity contribution is 6.32. The molecular weight excluding hydrogens is 292 g/mol. The highest BCUT2D eigenvalue weighted by Crippen LogP contribution is 2.37. The van der Waals surface area contributed by atoms with Gasteiger partial charge in [0.2, 0.25) is 0 Å². The Bertz CT molecular complexity index is 540. The highest BCUT2D eigenvalue weighted by Gasteiger charge is 2.25. The van der Waals surface area contributed by atoms with Gasteiger partial charge in [-0.25, -0.2) is 4.79 Å². The summed E-state index contributed by atoms with van der Waals surface area (Å²) in [5.74, 6) is 0.612. The maximum atomic E-state index is 11.9. The first-order valence-corrected chi connectivity index (χ1v) is 7.29. The number of anilines is 1. The summed E-state index contributed by atoms with van der Waals surface area (Å²) in [4.78, 5) is 11.9. The molecule has 0 bridgehead atoms. The number of carbonyl (C=O) groups is 1. The molecule has 1 aromatic carbocycles. The van der Waals surface area contributed by atoms with Gasteiger partial charge in [-0.05, 0) is 38.8 Å². The fourth-order valence-electron chi connectivity index (χ4n) is 2.27. The van der Waals surface area contributed by atoms with Crippen LogP contribution in [0.5, 0.6) is 5.75 Å². The van der Waals surface area contributed by atoms with Crippen molar-refractivity contribution in [2.45, 2.75) is 38.8 Å². The molecule has 0 spiro atoms. The second kappa shape index (κ2) is 6.02. The van der Waals surface area contributed by atoms with E-state index in [1.807, 2.05) is 32.9 Å². The van der Waals surface area contributed by atoms with Gasteiger partial charge in [-0.1, -0.05) is 11.6 Å². The van der Waals surface area contributed by atoms with Gasteiger partial charge >= 0.3 is 6.09 Å². The van der Waals surface area contributed by atoms with E-state index in [0.717, 1.165) is 24.2 Å². The van der Waals surface area contributed by atoms with Crippen molar-refractivity contribution in [3.05, 3.63) is 22.7 Å². The average Bonchev–Trinajstić information content (AvgIpc) is 2.36. The lowest BCUT2D eigenvalue weighted by atomic mass is 9.98. The minimum absolute atomic E-state index is 0.125. The zero-order chi connectivity index (χ0) is 15.6. The van der Waals surface area contributed by atoms with E-state index < -0.39 is 11.7 Å². The number of hydrogen-bond donors (Lipinski definition) is 2.